The topological polar surface area (TPSA) is 89.5 Å². The first-order valence-corrected chi connectivity index (χ1v) is 6.19. The molecule has 7 heteroatoms. The molecule has 1 atom stereocenters. The van der Waals surface area contributed by atoms with Crippen molar-refractivity contribution in [1.29, 1.82) is 0 Å². The number of hydrogen-bond acceptors (Lipinski definition) is 5. The van der Waals surface area contributed by atoms with Crippen molar-refractivity contribution in [1.82, 2.24) is 4.72 Å². The first-order valence-electron chi connectivity index (χ1n) is 4.71. The van der Waals surface area contributed by atoms with Crippen molar-refractivity contribution in [3.8, 4) is 0 Å². The van der Waals surface area contributed by atoms with Crippen LogP contribution < -0.4 is 4.72 Å². The van der Waals surface area contributed by atoms with Crippen molar-refractivity contribution in [3.63, 3.8) is 0 Å². The fraction of sp³-hybridized carbons (Fsp3) is 0.200. The number of ether oxygens (including phenoxy) is 1. The fourth-order valence-electron chi connectivity index (χ4n) is 1.61. The van der Waals surface area contributed by atoms with Crippen LogP contribution in [-0.2, 0) is 19.6 Å². The summed E-state index contributed by atoms with van der Waals surface area (Å²) in [5.41, 5.74) is 0.00153. The lowest BCUT2D eigenvalue weighted by molar-refractivity contribution is -0.141. The molecule has 1 aliphatic rings. The number of esters is 1. The number of nitrogens with one attached hydrogen (secondary N) is 1. The Balaban J connectivity index is 2.60. The zero-order valence-corrected chi connectivity index (χ0v) is 9.65. The van der Waals surface area contributed by atoms with E-state index in [1.165, 1.54) is 24.3 Å². The van der Waals surface area contributed by atoms with E-state index in [1.54, 1.807) is 0 Å². The van der Waals surface area contributed by atoms with Gasteiger partial charge in [-0.15, -0.1) is 0 Å². The highest BCUT2D eigenvalue weighted by Gasteiger charge is 2.40. The van der Waals surface area contributed by atoms with E-state index in [9.17, 15) is 18.0 Å². The van der Waals surface area contributed by atoms with Crippen LogP contribution in [-0.4, -0.2) is 33.3 Å². The molecule has 17 heavy (non-hydrogen) atoms. The summed E-state index contributed by atoms with van der Waals surface area (Å²) >= 11 is 0. The van der Waals surface area contributed by atoms with Crippen molar-refractivity contribution < 1.29 is 22.7 Å². The first-order chi connectivity index (χ1) is 7.97. The van der Waals surface area contributed by atoms with Gasteiger partial charge in [0.05, 0.1) is 12.0 Å². The second kappa shape index (κ2) is 3.94. The summed E-state index contributed by atoms with van der Waals surface area (Å²) in [6.45, 7) is 0. The van der Waals surface area contributed by atoms with Crippen molar-refractivity contribution in [3.05, 3.63) is 29.8 Å². The predicted molar refractivity (Wildman–Crippen MR) is 56.9 cm³/mol. The van der Waals surface area contributed by atoms with E-state index >= 15 is 0 Å². The summed E-state index contributed by atoms with van der Waals surface area (Å²) in [6.07, 6.45) is 0. The van der Waals surface area contributed by atoms with Crippen molar-refractivity contribution in [2.75, 3.05) is 7.11 Å². The molecule has 1 aromatic carbocycles. The molecule has 0 aliphatic carbocycles. The van der Waals surface area contributed by atoms with Gasteiger partial charge in [-0.05, 0) is 12.1 Å². The highest BCUT2D eigenvalue weighted by molar-refractivity contribution is 7.89. The predicted octanol–water partition coefficient (Wildman–Crippen LogP) is -0.297. The number of ketones is 1. The Hall–Kier alpha value is -1.73. The molecule has 1 N–H and O–H groups in total. The lowest BCUT2D eigenvalue weighted by Crippen LogP contribution is -2.50. The number of hydrogen-bond donors (Lipinski definition) is 1. The third-order valence-electron chi connectivity index (χ3n) is 2.41. The van der Waals surface area contributed by atoms with Gasteiger partial charge in [-0.25, -0.2) is 13.2 Å². The molecule has 1 aliphatic heterocycles. The van der Waals surface area contributed by atoms with Crippen LogP contribution in [0.1, 0.15) is 10.4 Å². The SMILES string of the molecule is COC(=O)[C@H]1NS(=O)(=O)c2ccccc2C1=O. The molecule has 0 amide bonds. The third-order valence-corrected chi connectivity index (χ3v) is 3.90. The highest BCUT2D eigenvalue weighted by Crippen LogP contribution is 2.22. The van der Waals surface area contributed by atoms with Crippen LogP contribution in [0.5, 0.6) is 0 Å². The van der Waals surface area contributed by atoms with Crippen molar-refractivity contribution in [2.45, 2.75) is 10.9 Å². The Morgan fingerprint density at radius 1 is 1.35 bits per heavy atom. The molecule has 0 fully saturated rings. The van der Waals surface area contributed by atoms with Crippen LogP contribution in [0.4, 0.5) is 0 Å². The maximum atomic E-state index is 11.9. The molecule has 0 saturated carbocycles. The van der Waals surface area contributed by atoms with Gasteiger partial charge < -0.3 is 4.74 Å². The Kier molecular flexibility index (Phi) is 2.72. The summed E-state index contributed by atoms with van der Waals surface area (Å²) in [5.74, 6) is -1.53. The summed E-state index contributed by atoms with van der Waals surface area (Å²) in [4.78, 5) is 23.1. The van der Waals surface area contributed by atoms with Crippen LogP contribution in [0, 0.1) is 0 Å². The molecule has 0 unspecified atom stereocenters. The number of Topliss-reactive ketones (excluding diaryl/α,β-unsaturated/α-hetero) is 1. The largest absolute Gasteiger partial charge is 0.467 e. The molecular formula is C10H9NO5S. The minimum atomic E-state index is -3.85. The number of rotatable bonds is 1. The van der Waals surface area contributed by atoms with E-state index in [4.69, 9.17) is 0 Å². The van der Waals surface area contributed by atoms with Gasteiger partial charge in [-0.2, -0.15) is 4.72 Å². The van der Waals surface area contributed by atoms with E-state index in [2.05, 4.69) is 4.74 Å². The van der Waals surface area contributed by atoms with Gasteiger partial charge in [-0.1, -0.05) is 12.1 Å². The van der Waals surface area contributed by atoms with Crippen molar-refractivity contribution in [2.24, 2.45) is 0 Å². The van der Waals surface area contributed by atoms with E-state index < -0.39 is 27.8 Å². The fourth-order valence-corrected chi connectivity index (χ4v) is 2.96. The number of carbonyl (C=O) groups excluding carboxylic acids is 2. The van der Waals surface area contributed by atoms with Gasteiger partial charge in [0.15, 0.2) is 11.8 Å². The molecule has 0 aromatic heterocycles. The zero-order valence-electron chi connectivity index (χ0n) is 8.84. The van der Waals surface area contributed by atoms with Gasteiger partial charge in [-0.3, -0.25) is 4.79 Å². The second-order valence-corrected chi connectivity index (χ2v) is 5.12. The van der Waals surface area contributed by atoms with Crippen LogP contribution in [0.25, 0.3) is 0 Å². The number of benzene rings is 1. The van der Waals surface area contributed by atoms with E-state index in [-0.39, 0.29) is 10.5 Å². The Bertz CT molecular complexity index is 592. The van der Waals surface area contributed by atoms with E-state index in [1.807, 2.05) is 4.72 Å². The highest BCUT2D eigenvalue weighted by atomic mass is 32.2. The molecule has 0 spiro atoms. The minimum absolute atomic E-state index is 0.00153. The molecule has 90 valence electrons. The number of sulfonamides is 1. The summed E-state index contributed by atoms with van der Waals surface area (Å²) < 4.78 is 29.9. The third kappa shape index (κ3) is 1.83. The van der Waals surface area contributed by atoms with Crippen LogP contribution in [0.15, 0.2) is 29.2 Å². The van der Waals surface area contributed by atoms with E-state index in [0.717, 1.165) is 7.11 Å². The van der Waals surface area contributed by atoms with Gasteiger partial charge in [0, 0.05) is 5.56 Å². The van der Waals surface area contributed by atoms with Gasteiger partial charge in [0.25, 0.3) is 0 Å². The normalized spacial score (nSPS) is 21.7. The average molecular weight is 255 g/mol. The molecule has 1 heterocycles. The lowest BCUT2D eigenvalue weighted by Gasteiger charge is -2.22. The standard InChI is InChI=1S/C10H9NO5S/c1-16-10(13)8-9(12)6-4-2-3-5-7(6)17(14,15)11-8/h2-5,8,11H,1H3/t8-/m0/s1. The number of fused-ring (bicyclic) bond motifs is 1. The lowest BCUT2D eigenvalue weighted by atomic mass is 10.0. The maximum Gasteiger partial charge on any atom is 0.332 e. The molecule has 1 aromatic rings. The van der Waals surface area contributed by atoms with Crippen LogP contribution in [0.3, 0.4) is 0 Å². The molecule has 0 bridgehead atoms. The van der Waals surface area contributed by atoms with Crippen molar-refractivity contribution >= 4 is 21.8 Å². The summed E-state index contributed by atoms with van der Waals surface area (Å²) in [7, 11) is -2.76. The van der Waals surface area contributed by atoms with Gasteiger partial charge in [0.1, 0.15) is 0 Å². The average Bonchev–Trinajstić information content (AvgIpc) is 2.33. The van der Waals surface area contributed by atoms with Crippen LogP contribution >= 0.6 is 0 Å². The monoisotopic (exact) mass is 255 g/mol. The Labute approximate surface area is 97.6 Å². The molecule has 0 saturated heterocycles. The molecule has 0 radical (unpaired) electrons. The van der Waals surface area contributed by atoms with E-state index in [0.29, 0.717) is 0 Å². The quantitative estimate of drug-likeness (QED) is 0.550. The maximum absolute atomic E-state index is 11.9. The summed E-state index contributed by atoms with van der Waals surface area (Å²) in [6, 6.07) is 4.21. The minimum Gasteiger partial charge on any atom is -0.467 e. The second-order valence-electron chi connectivity index (χ2n) is 3.44. The number of methoxy groups -OCH3 is 1. The smallest absolute Gasteiger partial charge is 0.332 e. The Morgan fingerprint density at radius 2 is 2.00 bits per heavy atom. The molecule has 2 rings (SSSR count). The number of carbonyl (C=O) groups is 2. The summed E-state index contributed by atoms with van der Waals surface area (Å²) in [5, 5.41) is 0. The molecule has 6 nitrogen and oxygen atoms in total. The van der Waals surface area contributed by atoms with Gasteiger partial charge >= 0.3 is 5.97 Å². The molecular weight excluding hydrogens is 246 g/mol. The van der Waals surface area contributed by atoms with Gasteiger partial charge in [0.2, 0.25) is 10.0 Å². The van der Waals surface area contributed by atoms with Crippen LogP contribution in [0.2, 0.25) is 0 Å². The first kappa shape index (κ1) is 11.7. The zero-order chi connectivity index (χ0) is 12.6. The Morgan fingerprint density at radius 3 is 2.65 bits per heavy atom.